The quantitative estimate of drug-likeness (QED) is 0.112. The van der Waals surface area contributed by atoms with Gasteiger partial charge in [0.25, 0.3) is 6.29 Å². The van der Waals surface area contributed by atoms with E-state index in [1.54, 1.807) is 14.2 Å². The highest BCUT2D eigenvalue weighted by atomic mass is 16.8. The van der Waals surface area contributed by atoms with Gasteiger partial charge in [0.15, 0.2) is 0 Å². The third kappa shape index (κ3) is 10.9. The molecule has 0 heterocycles. The standard InChI is InChI=1S/C30H42O10/c1-6-7-8-11-22-18-25(37-21(3)38-29(31)32)27(24-12-9-10-20(2)17-24)26(19-22)39-28(40-30(33)34)23(13-15-35-4)14-16-36-5/h9-10,12,17-19,21,23,28H,6-8,11,13-16H2,1-5H3,(H,31,32)(H,33,34). The Labute approximate surface area is 236 Å². The van der Waals surface area contributed by atoms with E-state index in [2.05, 4.69) is 6.92 Å². The molecule has 0 aromatic heterocycles. The van der Waals surface area contributed by atoms with Crippen LogP contribution in [0.4, 0.5) is 9.59 Å². The van der Waals surface area contributed by atoms with Gasteiger partial charge < -0.3 is 38.6 Å². The van der Waals surface area contributed by atoms with E-state index in [0.717, 1.165) is 36.0 Å². The number of methoxy groups -OCH3 is 2. The molecule has 2 aromatic rings. The predicted molar refractivity (Wildman–Crippen MR) is 149 cm³/mol. The molecule has 0 radical (unpaired) electrons. The zero-order chi connectivity index (χ0) is 29.5. The van der Waals surface area contributed by atoms with Crippen molar-refractivity contribution in [1.29, 1.82) is 0 Å². The van der Waals surface area contributed by atoms with Crippen molar-refractivity contribution >= 4 is 12.3 Å². The summed E-state index contributed by atoms with van der Waals surface area (Å²) in [6.07, 6.45) is -0.585. The van der Waals surface area contributed by atoms with E-state index < -0.39 is 24.9 Å². The number of aryl methyl sites for hydroxylation is 2. The number of hydrogen-bond donors (Lipinski definition) is 2. The molecule has 40 heavy (non-hydrogen) atoms. The SMILES string of the molecule is CCCCCc1cc(OC(C)OC(=O)O)c(-c2cccc(C)c2)c(OC(OC(=O)O)C(CCOC)CCOC)c1. The minimum Gasteiger partial charge on any atom is -0.454 e. The van der Waals surface area contributed by atoms with Crippen molar-refractivity contribution in [3.63, 3.8) is 0 Å². The summed E-state index contributed by atoms with van der Waals surface area (Å²) < 4.78 is 33.0. The Morgan fingerprint density at radius 1 is 0.875 bits per heavy atom. The van der Waals surface area contributed by atoms with Crippen LogP contribution in [0.3, 0.4) is 0 Å². The van der Waals surface area contributed by atoms with Crippen LogP contribution in [0.15, 0.2) is 36.4 Å². The van der Waals surface area contributed by atoms with Gasteiger partial charge in [0.2, 0.25) is 6.29 Å². The van der Waals surface area contributed by atoms with Crippen LogP contribution in [0.2, 0.25) is 0 Å². The first-order valence-electron chi connectivity index (χ1n) is 13.5. The Hall–Kier alpha value is -3.50. The maximum atomic E-state index is 11.7. The number of rotatable bonds is 18. The van der Waals surface area contributed by atoms with Gasteiger partial charge in [-0.1, -0.05) is 49.6 Å². The normalized spacial score (nSPS) is 12.6. The molecule has 0 fully saturated rings. The van der Waals surface area contributed by atoms with Crippen molar-refractivity contribution in [1.82, 2.24) is 0 Å². The fraction of sp³-hybridized carbons (Fsp3) is 0.533. The Morgan fingerprint density at radius 2 is 1.50 bits per heavy atom. The summed E-state index contributed by atoms with van der Waals surface area (Å²) in [4.78, 5) is 22.9. The van der Waals surface area contributed by atoms with E-state index in [4.69, 9.17) is 33.5 Å². The third-order valence-corrected chi connectivity index (χ3v) is 6.29. The van der Waals surface area contributed by atoms with Gasteiger partial charge in [-0.3, -0.25) is 0 Å². The number of unbranched alkanes of at least 4 members (excludes halogenated alkanes) is 2. The molecule has 10 heteroatoms. The summed E-state index contributed by atoms with van der Waals surface area (Å²) in [6.45, 7) is 6.29. The second kappa shape index (κ2) is 17.2. The first-order valence-corrected chi connectivity index (χ1v) is 13.5. The van der Waals surface area contributed by atoms with E-state index >= 15 is 0 Å². The number of ether oxygens (including phenoxy) is 6. The van der Waals surface area contributed by atoms with Gasteiger partial charge >= 0.3 is 12.3 Å². The summed E-state index contributed by atoms with van der Waals surface area (Å²) in [6, 6.07) is 11.4. The molecule has 0 saturated carbocycles. The highest BCUT2D eigenvalue weighted by Crippen LogP contribution is 2.42. The lowest BCUT2D eigenvalue weighted by Gasteiger charge is -2.28. The highest BCUT2D eigenvalue weighted by molar-refractivity contribution is 5.78. The summed E-state index contributed by atoms with van der Waals surface area (Å²) in [7, 11) is 3.14. The molecule has 2 N–H and O–H groups in total. The van der Waals surface area contributed by atoms with Gasteiger partial charge in [0, 0.05) is 40.3 Å². The third-order valence-electron chi connectivity index (χ3n) is 6.29. The Morgan fingerprint density at radius 3 is 2.05 bits per heavy atom. The number of benzene rings is 2. The molecule has 0 bridgehead atoms. The molecule has 0 saturated heterocycles. The van der Waals surface area contributed by atoms with Gasteiger partial charge in [-0.2, -0.15) is 0 Å². The van der Waals surface area contributed by atoms with Crippen molar-refractivity contribution in [2.45, 2.75) is 71.9 Å². The van der Waals surface area contributed by atoms with E-state index in [9.17, 15) is 14.7 Å². The van der Waals surface area contributed by atoms with Crippen LogP contribution in [-0.2, 0) is 25.4 Å². The molecular weight excluding hydrogens is 520 g/mol. The van der Waals surface area contributed by atoms with Gasteiger partial charge in [-0.05, 0) is 55.9 Å². The van der Waals surface area contributed by atoms with Gasteiger partial charge in [0.1, 0.15) is 11.5 Å². The minimum absolute atomic E-state index is 0.350. The molecule has 0 aliphatic heterocycles. The first kappa shape index (κ1) is 32.7. The second-order valence-electron chi connectivity index (χ2n) is 9.56. The lowest BCUT2D eigenvalue weighted by atomic mass is 9.97. The van der Waals surface area contributed by atoms with Crippen LogP contribution in [0.5, 0.6) is 11.5 Å². The molecule has 2 aromatic carbocycles. The van der Waals surface area contributed by atoms with Crippen molar-refractivity contribution in [3.05, 3.63) is 47.5 Å². The molecule has 222 valence electrons. The van der Waals surface area contributed by atoms with Crippen molar-refractivity contribution < 1.29 is 48.2 Å². The second-order valence-corrected chi connectivity index (χ2v) is 9.56. The molecule has 0 aliphatic carbocycles. The molecule has 0 amide bonds. The molecule has 10 nitrogen and oxygen atoms in total. The topological polar surface area (TPSA) is 130 Å². The molecule has 2 rings (SSSR count). The van der Waals surface area contributed by atoms with E-state index in [0.29, 0.717) is 49.5 Å². The average molecular weight is 563 g/mol. The van der Waals surface area contributed by atoms with Gasteiger partial charge in [-0.25, -0.2) is 9.59 Å². The van der Waals surface area contributed by atoms with E-state index in [1.165, 1.54) is 6.92 Å². The summed E-state index contributed by atoms with van der Waals surface area (Å²) in [5.41, 5.74) is 3.14. The average Bonchev–Trinajstić information content (AvgIpc) is 2.88. The number of hydrogen-bond acceptors (Lipinski definition) is 8. The number of carbonyl (C=O) groups is 2. The Balaban J connectivity index is 2.69. The molecule has 0 aliphatic rings. The van der Waals surface area contributed by atoms with Gasteiger partial charge in [0.05, 0.1) is 5.56 Å². The van der Waals surface area contributed by atoms with Crippen LogP contribution >= 0.6 is 0 Å². The maximum absolute atomic E-state index is 11.7. The molecule has 2 unspecified atom stereocenters. The monoisotopic (exact) mass is 562 g/mol. The van der Waals surface area contributed by atoms with E-state index in [-0.39, 0.29) is 5.92 Å². The molecule has 0 spiro atoms. The van der Waals surface area contributed by atoms with Crippen LogP contribution in [-0.4, -0.2) is 62.5 Å². The first-order chi connectivity index (χ1) is 19.2. The smallest absolute Gasteiger partial charge is 0.454 e. The zero-order valence-corrected chi connectivity index (χ0v) is 24.0. The van der Waals surface area contributed by atoms with E-state index in [1.807, 2.05) is 43.3 Å². The predicted octanol–water partition coefficient (Wildman–Crippen LogP) is 6.90. The van der Waals surface area contributed by atoms with Gasteiger partial charge in [-0.15, -0.1) is 0 Å². The molecular formula is C30H42O10. The Kier molecular flexibility index (Phi) is 14.1. The Bertz CT molecular complexity index is 1060. The fourth-order valence-corrected chi connectivity index (χ4v) is 4.38. The lowest BCUT2D eigenvalue weighted by Crippen LogP contribution is -2.34. The highest BCUT2D eigenvalue weighted by Gasteiger charge is 2.30. The molecule has 2 atom stereocenters. The fourth-order valence-electron chi connectivity index (χ4n) is 4.38. The zero-order valence-electron chi connectivity index (χ0n) is 24.0. The summed E-state index contributed by atoms with van der Waals surface area (Å²) in [5.74, 6) is 0.328. The van der Waals surface area contributed by atoms with Crippen LogP contribution < -0.4 is 9.47 Å². The summed E-state index contributed by atoms with van der Waals surface area (Å²) in [5, 5.41) is 18.7. The number of carboxylic acid groups (broad SMARTS) is 2. The van der Waals surface area contributed by atoms with Crippen LogP contribution in [0.1, 0.15) is 57.1 Å². The van der Waals surface area contributed by atoms with Crippen LogP contribution in [0, 0.1) is 12.8 Å². The van der Waals surface area contributed by atoms with Crippen molar-refractivity contribution in [2.75, 3.05) is 27.4 Å². The largest absolute Gasteiger partial charge is 0.508 e. The van der Waals surface area contributed by atoms with Crippen molar-refractivity contribution in [2.24, 2.45) is 5.92 Å². The van der Waals surface area contributed by atoms with Crippen LogP contribution in [0.25, 0.3) is 11.1 Å². The van der Waals surface area contributed by atoms with Crippen molar-refractivity contribution in [3.8, 4) is 22.6 Å². The minimum atomic E-state index is -1.47. The maximum Gasteiger partial charge on any atom is 0.508 e. The lowest BCUT2D eigenvalue weighted by molar-refractivity contribution is -0.0976. The summed E-state index contributed by atoms with van der Waals surface area (Å²) >= 11 is 0.